The first kappa shape index (κ1) is 6.07. The van der Waals surface area contributed by atoms with Gasteiger partial charge in [-0.05, 0) is 6.07 Å². The normalized spacial score (nSPS) is 21.5. The van der Waals surface area contributed by atoms with E-state index >= 15 is 0 Å². The Kier molecular flexibility index (Phi) is 1.02. The number of epoxide rings is 1. The highest BCUT2D eigenvalue weighted by molar-refractivity contribution is 5.69. The molecule has 60 valence electrons. The fourth-order valence-corrected chi connectivity index (χ4v) is 1.17. The van der Waals surface area contributed by atoms with Crippen LogP contribution < -0.4 is 0 Å². The second kappa shape index (κ2) is 2.01. The molecule has 5 nitrogen and oxygen atoms in total. The molecular formula is C7H6N4O. The second-order valence-corrected chi connectivity index (χ2v) is 2.76. The molecule has 0 amide bonds. The molecule has 3 rings (SSSR count). The van der Waals surface area contributed by atoms with Crippen LogP contribution in [0.15, 0.2) is 12.3 Å². The topological polar surface area (TPSA) is 67.0 Å². The summed E-state index contributed by atoms with van der Waals surface area (Å²) in [5.74, 6) is 0. The second-order valence-electron chi connectivity index (χ2n) is 2.76. The molecule has 3 heterocycles. The van der Waals surface area contributed by atoms with Crippen molar-refractivity contribution in [1.82, 2.24) is 20.4 Å². The first-order chi connectivity index (χ1) is 5.93. The van der Waals surface area contributed by atoms with E-state index < -0.39 is 0 Å². The van der Waals surface area contributed by atoms with E-state index in [2.05, 4.69) is 20.4 Å². The molecule has 1 aliphatic heterocycles. The van der Waals surface area contributed by atoms with Crippen LogP contribution in [0.4, 0.5) is 0 Å². The molecule has 1 unspecified atom stereocenters. The highest BCUT2D eigenvalue weighted by atomic mass is 16.6. The Labute approximate surface area is 67.8 Å². The van der Waals surface area contributed by atoms with Gasteiger partial charge in [-0.15, -0.1) is 5.10 Å². The summed E-state index contributed by atoms with van der Waals surface area (Å²) in [7, 11) is 0. The molecule has 0 aliphatic carbocycles. The van der Waals surface area contributed by atoms with E-state index in [0.717, 1.165) is 17.7 Å². The minimum absolute atomic E-state index is 0.235. The maximum absolute atomic E-state index is 5.12. The minimum atomic E-state index is 0.235. The van der Waals surface area contributed by atoms with Gasteiger partial charge in [-0.1, -0.05) is 0 Å². The van der Waals surface area contributed by atoms with Gasteiger partial charge in [0, 0.05) is 11.8 Å². The highest BCUT2D eigenvalue weighted by Gasteiger charge is 2.25. The average Bonchev–Trinajstić information content (AvgIpc) is 2.84. The predicted octanol–water partition coefficient (Wildman–Crippen LogP) is 0.424. The Morgan fingerprint density at radius 1 is 1.50 bits per heavy atom. The molecule has 0 aromatic carbocycles. The third-order valence-electron chi connectivity index (χ3n) is 1.90. The fraction of sp³-hybridized carbons (Fsp3) is 0.286. The summed E-state index contributed by atoms with van der Waals surface area (Å²) in [6.45, 7) is 0.797. The van der Waals surface area contributed by atoms with Crippen LogP contribution in [0.25, 0.3) is 11.2 Å². The van der Waals surface area contributed by atoms with Crippen LogP contribution in [0.5, 0.6) is 0 Å². The number of nitrogens with one attached hydrogen (secondary N) is 1. The number of rotatable bonds is 1. The van der Waals surface area contributed by atoms with E-state index in [1.165, 1.54) is 0 Å². The first-order valence-corrected chi connectivity index (χ1v) is 3.71. The molecule has 0 spiro atoms. The maximum Gasteiger partial charge on any atom is 0.201 e. The predicted molar refractivity (Wildman–Crippen MR) is 40.4 cm³/mol. The van der Waals surface area contributed by atoms with Crippen molar-refractivity contribution in [2.24, 2.45) is 0 Å². The lowest BCUT2D eigenvalue weighted by molar-refractivity contribution is 0.415. The zero-order valence-corrected chi connectivity index (χ0v) is 6.19. The van der Waals surface area contributed by atoms with E-state index in [9.17, 15) is 0 Å². The van der Waals surface area contributed by atoms with Crippen molar-refractivity contribution in [3.8, 4) is 0 Å². The molecular weight excluding hydrogens is 156 g/mol. The summed E-state index contributed by atoms with van der Waals surface area (Å²) in [4.78, 5) is 4.12. The number of fused-ring (bicyclic) bond motifs is 1. The molecule has 5 heteroatoms. The summed E-state index contributed by atoms with van der Waals surface area (Å²) < 4.78 is 5.12. The molecule has 2 aromatic heterocycles. The molecule has 1 saturated heterocycles. The molecule has 1 aliphatic rings. The average molecular weight is 162 g/mol. The van der Waals surface area contributed by atoms with E-state index in [0.29, 0.717) is 5.65 Å². The molecule has 2 aromatic rings. The largest absolute Gasteiger partial charge is 0.368 e. The molecule has 12 heavy (non-hydrogen) atoms. The van der Waals surface area contributed by atoms with Gasteiger partial charge < -0.3 is 4.74 Å². The van der Waals surface area contributed by atoms with Gasteiger partial charge in [-0.3, -0.25) is 0 Å². The van der Waals surface area contributed by atoms with E-state index in [-0.39, 0.29) is 6.10 Å². The molecule has 0 saturated carbocycles. The van der Waals surface area contributed by atoms with Gasteiger partial charge in [0.05, 0.1) is 6.61 Å². The zero-order chi connectivity index (χ0) is 7.97. The summed E-state index contributed by atoms with van der Waals surface area (Å²) in [6.07, 6.45) is 2.02. The van der Waals surface area contributed by atoms with Crippen molar-refractivity contribution < 1.29 is 4.74 Å². The van der Waals surface area contributed by atoms with Crippen molar-refractivity contribution in [2.45, 2.75) is 6.10 Å². The molecule has 0 bridgehead atoms. The van der Waals surface area contributed by atoms with Crippen LogP contribution in [0.1, 0.15) is 11.7 Å². The lowest BCUT2D eigenvalue weighted by atomic mass is 10.2. The van der Waals surface area contributed by atoms with Gasteiger partial charge >= 0.3 is 0 Å². The van der Waals surface area contributed by atoms with Crippen LogP contribution in [0.3, 0.4) is 0 Å². The highest BCUT2D eigenvalue weighted by Crippen LogP contribution is 2.29. The SMILES string of the molecule is c1nc2n[nH]nc2cc1C1CO1. The minimum Gasteiger partial charge on any atom is -0.368 e. The summed E-state index contributed by atoms with van der Waals surface area (Å²) in [5.41, 5.74) is 2.53. The summed E-state index contributed by atoms with van der Waals surface area (Å²) in [6, 6.07) is 1.95. The Hall–Kier alpha value is -1.49. The standard InChI is InChI=1S/C7H6N4O/c1-4(6-3-12-6)2-8-7-5(1)9-11-10-7/h1-2,6H,3H2,(H,8,9,10,11). The molecule has 1 atom stereocenters. The number of nitrogens with zero attached hydrogens (tertiary/aromatic N) is 3. The zero-order valence-electron chi connectivity index (χ0n) is 6.19. The molecule has 1 N–H and O–H groups in total. The lowest BCUT2D eigenvalue weighted by Crippen LogP contribution is -1.83. The first-order valence-electron chi connectivity index (χ1n) is 3.71. The fourth-order valence-electron chi connectivity index (χ4n) is 1.17. The molecule has 1 fully saturated rings. The van der Waals surface area contributed by atoms with Gasteiger partial charge in [0.15, 0.2) is 0 Å². The van der Waals surface area contributed by atoms with Crippen LogP contribution in [-0.2, 0) is 4.74 Å². The smallest absolute Gasteiger partial charge is 0.201 e. The number of hydrogen-bond acceptors (Lipinski definition) is 4. The number of ether oxygens (including phenoxy) is 1. The van der Waals surface area contributed by atoms with Crippen LogP contribution in [0, 0.1) is 0 Å². The van der Waals surface area contributed by atoms with Gasteiger partial charge in [0.2, 0.25) is 5.65 Å². The van der Waals surface area contributed by atoms with Crippen molar-refractivity contribution in [3.63, 3.8) is 0 Å². The number of hydrogen-bond donors (Lipinski definition) is 1. The van der Waals surface area contributed by atoms with Gasteiger partial charge in [0.1, 0.15) is 11.6 Å². The Bertz CT molecular complexity index is 420. The third-order valence-corrected chi connectivity index (χ3v) is 1.90. The lowest BCUT2D eigenvalue weighted by Gasteiger charge is -1.91. The third kappa shape index (κ3) is 0.799. The van der Waals surface area contributed by atoms with Crippen molar-refractivity contribution >= 4 is 11.2 Å². The Morgan fingerprint density at radius 2 is 2.42 bits per heavy atom. The van der Waals surface area contributed by atoms with Crippen LogP contribution >= 0.6 is 0 Å². The van der Waals surface area contributed by atoms with E-state index in [1.54, 1.807) is 6.20 Å². The van der Waals surface area contributed by atoms with Crippen LogP contribution in [-0.4, -0.2) is 27.0 Å². The van der Waals surface area contributed by atoms with Gasteiger partial charge in [-0.25, -0.2) is 4.98 Å². The van der Waals surface area contributed by atoms with Gasteiger partial charge in [0.25, 0.3) is 0 Å². The number of pyridine rings is 1. The monoisotopic (exact) mass is 162 g/mol. The summed E-state index contributed by atoms with van der Waals surface area (Å²) in [5, 5.41) is 10.3. The van der Waals surface area contributed by atoms with Crippen molar-refractivity contribution in [3.05, 3.63) is 17.8 Å². The Balaban J connectivity index is 2.21. The maximum atomic E-state index is 5.12. The Morgan fingerprint density at radius 3 is 3.25 bits per heavy atom. The quantitative estimate of drug-likeness (QED) is 0.617. The molecule has 0 radical (unpaired) electrons. The van der Waals surface area contributed by atoms with E-state index in [1.807, 2.05) is 6.07 Å². The summed E-state index contributed by atoms with van der Waals surface area (Å²) >= 11 is 0. The van der Waals surface area contributed by atoms with Crippen molar-refractivity contribution in [1.29, 1.82) is 0 Å². The number of H-pyrrole nitrogens is 1. The van der Waals surface area contributed by atoms with Crippen molar-refractivity contribution in [2.75, 3.05) is 6.61 Å². The van der Waals surface area contributed by atoms with Crippen LogP contribution in [0.2, 0.25) is 0 Å². The van der Waals surface area contributed by atoms with Gasteiger partial charge in [-0.2, -0.15) is 10.3 Å². The number of aromatic amines is 1. The van der Waals surface area contributed by atoms with E-state index in [4.69, 9.17) is 4.74 Å². The number of aromatic nitrogens is 4.